The van der Waals surface area contributed by atoms with Crippen LogP contribution in [0.4, 0.5) is 10.6 Å². The predicted molar refractivity (Wildman–Crippen MR) is 119 cm³/mol. The molecule has 1 unspecified atom stereocenters. The van der Waals surface area contributed by atoms with Crippen molar-refractivity contribution in [2.24, 2.45) is 5.41 Å². The van der Waals surface area contributed by atoms with Gasteiger partial charge in [0.25, 0.3) is 0 Å². The van der Waals surface area contributed by atoms with Crippen molar-refractivity contribution in [1.82, 2.24) is 19.9 Å². The van der Waals surface area contributed by atoms with Crippen LogP contribution < -0.4 is 10.1 Å². The van der Waals surface area contributed by atoms with Crippen LogP contribution in [0.25, 0.3) is 10.6 Å². The van der Waals surface area contributed by atoms with Crippen LogP contribution in [0, 0.1) is 19.3 Å². The molecular formula is C22H25N5O3S. The van der Waals surface area contributed by atoms with E-state index in [-0.39, 0.29) is 11.4 Å². The van der Waals surface area contributed by atoms with Gasteiger partial charge in [0.15, 0.2) is 0 Å². The van der Waals surface area contributed by atoms with Gasteiger partial charge in [0.05, 0.1) is 21.3 Å². The van der Waals surface area contributed by atoms with Gasteiger partial charge in [-0.05, 0) is 38.5 Å². The number of aliphatic hydroxyl groups is 1. The molecule has 3 aromatic heterocycles. The highest BCUT2D eigenvalue weighted by atomic mass is 32.1. The maximum absolute atomic E-state index is 12.5. The Labute approximate surface area is 185 Å². The second-order valence-electron chi connectivity index (χ2n) is 8.24. The number of amides is 2. The summed E-state index contributed by atoms with van der Waals surface area (Å²) >= 11 is 1.57. The standard InChI is InChI=1S/C22H25N5O3S/c1-13-17(30-15-7-9-23-16(11-15)18-12-24-14(2)31-18)5-6-19(25-13)26-21(29)27-10-8-22(3,4)20(27)28/h5-7,9,11-12,20,28H,8,10H2,1-4H3,(H,25,26,29). The highest BCUT2D eigenvalue weighted by Gasteiger charge is 2.41. The first-order valence-corrected chi connectivity index (χ1v) is 10.8. The van der Waals surface area contributed by atoms with Gasteiger partial charge in [-0.3, -0.25) is 15.2 Å². The second kappa shape index (κ2) is 8.24. The third-order valence-corrected chi connectivity index (χ3v) is 6.29. The largest absolute Gasteiger partial charge is 0.455 e. The number of carbonyl (C=O) groups is 1. The Hall–Kier alpha value is -3.04. The van der Waals surface area contributed by atoms with Crippen molar-refractivity contribution in [2.75, 3.05) is 11.9 Å². The van der Waals surface area contributed by atoms with Crippen LogP contribution in [-0.2, 0) is 0 Å². The zero-order valence-corrected chi connectivity index (χ0v) is 18.7. The maximum Gasteiger partial charge on any atom is 0.325 e. The van der Waals surface area contributed by atoms with Gasteiger partial charge in [0, 0.05) is 30.4 Å². The number of pyridine rings is 2. The van der Waals surface area contributed by atoms with Crippen molar-refractivity contribution < 1.29 is 14.6 Å². The molecule has 9 heteroatoms. The lowest BCUT2D eigenvalue weighted by Gasteiger charge is -2.27. The Morgan fingerprint density at radius 2 is 2.10 bits per heavy atom. The molecule has 0 saturated carbocycles. The number of nitrogens with one attached hydrogen (secondary N) is 1. The van der Waals surface area contributed by atoms with Gasteiger partial charge < -0.3 is 9.84 Å². The number of thiazole rings is 1. The Morgan fingerprint density at radius 3 is 2.74 bits per heavy atom. The number of ether oxygens (including phenoxy) is 1. The highest BCUT2D eigenvalue weighted by Crippen LogP contribution is 2.35. The molecule has 0 radical (unpaired) electrons. The van der Waals surface area contributed by atoms with Gasteiger partial charge in [-0.25, -0.2) is 14.8 Å². The van der Waals surface area contributed by atoms with E-state index in [0.29, 0.717) is 29.6 Å². The van der Waals surface area contributed by atoms with Crippen LogP contribution in [-0.4, -0.2) is 43.8 Å². The summed E-state index contributed by atoms with van der Waals surface area (Å²) in [6.07, 6.45) is 3.42. The third kappa shape index (κ3) is 4.52. The van der Waals surface area contributed by atoms with Crippen molar-refractivity contribution in [2.45, 2.75) is 40.3 Å². The fourth-order valence-corrected chi connectivity index (χ4v) is 4.16. The Kier molecular flexibility index (Phi) is 5.63. The quantitative estimate of drug-likeness (QED) is 0.617. The molecule has 0 aliphatic carbocycles. The number of hydrogen-bond acceptors (Lipinski definition) is 7. The van der Waals surface area contributed by atoms with Crippen molar-refractivity contribution in [3.63, 3.8) is 0 Å². The molecule has 1 fully saturated rings. The van der Waals surface area contributed by atoms with E-state index in [0.717, 1.165) is 22.0 Å². The van der Waals surface area contributed by atoms with Crippen molar-refractivity contribution in [3.8, 4) is 22.1 Å². The normalized spacial score (nSPS) is 17.6. The summed E-state index contributed by atoms with van der Waals surface area (Å²) in [5.41, 5.74) is 1.11. The number of urea groups is 1. The molecule has 4 heterocycles. The number of aromatic nitrogens is 3. The van der Waals surface area contributed by atoms with E-state index in [9.17, 15) is 9.90 Å². The summed E-state index contributed by atoms with van der Waals surface area (Å²) in [5, 5.41) is 14.1. The second-order valence-corrected chi connectivity index (χ2v) is 9.47. The number of carbonyl (C=O) groups excluding carboxylic acids is 1. The van der Waals surface area contributed by atoms with Crippen LogP contribution in [0.2, 0.25) is 0 Å². The van der Waals surface area contributed by atoms with Crippen LogP contribution >= 0.6 is 11.3 Å². The molecule has 162 valence electrons. The first-order valence-electron chi connectivity index (χ1n) is 10.0. The number of likely N-dealkylation sites (tertiary alicyclic amines) is 1. The average Bonchev–Trinajstić information content (AvgIpc) is 3.27. The molecule has 3 aromatic rings. The lowest BCUT2D eigenvalue weighted by Crippen LogP contribution is -2.42. The molecule has 1 aliphatic rings. The van der Waals surface area contributed by atoms with Crippen molar-refractivity contribution >= 4 is 23.2 Å². The number of rotatable bonds is 4. The molecule has 2 amide bonds. The van der Waals surface area contributed by atoms with Gasteiger partial charge in [-0.2, -0.15) is 0 Å². The van der Waals surface area contributed by atoms with Gasteiger partial charge in [-0.1, -0.05) is 13.8 Å². The molecule has 0 aromatic carbocycles. The molecule has 8 nitrogen and oxygen atoms in total. The molecule has 1 atom stereocenters. The molecule has 4 rings (SSSR count). The number of anilines is 1. The van der Waals surface area contributed by atoms with Gasteiger partial charge >= 0.3 is 6.03 Å². The van der Waals surface area contributed by atoms with Crippen LogP contribution in [0.3, 0.4) is 0 Å². The van der Waals surface area contributed by atoms with Crippen molar-refractivity contribution in [1.29, 1.82) is 0 Å². The summed E-state index contributed by atoms with van der Waals surface area (Å²) in [6, 6.07) is 6.72. The smallest absolute Gasteiger partial charge is 0.325 e. The van der Waals surface area contributed by atoms with E-state index >= 15 is 0 Å². The fourth-order valence-electron chi connectivity index (χ4n) is 3.42. The first kappa shape index (κ1) is 21.2. The minimum absolute atomic E-state index is 0.320. The fraction of sp³-hybridized carbons (Fsp3) is 0.364. The number of nitrogens with zero attached hydrogens (tertiary/aromatic N) is 4. The Bertz CT molecular complexity index is 1110. The van der Waals surface area contributed by atoms with E-state index in [4.69, 9.17) is 4.74 Å². The number of aliphatic hydroxyl groups excluding tert-OH is 1. The Balaban J connectivity index is 1.45. The summed E-state index contributed by atoms with van der Waals surface area (Å²) < 4.78 is 6.00. The molecule has 0 bridgehead atoms. The summed E-state index contributed by atoms with van der Waals surface area (Å²) in [4.78, 5) is 28.0. The minimum Gasteiger partial charge on any atom is -0.455 e. The SMILES string of the molecule is Cc1ncc(-c2cc(Oc3ccc(NC(=O)N4CCC(C)(C)C4O)nc3C)ccn2)s1. The number of aryl methyl sites for hydroxylation is 2. The summed E-state index contributed by atoms with van der Waals surface area (Å²) in [7, 11) is 0. The van der Waals surface area contributed by atoms with E-state index in [1.54, 1.807) is 41.9 Å². The number of hydrogen-bond donors (Lipinski definition) is 2. The van der Waals surface area contributed by atoms with Crippen molar-refractivity contribution in [3.05, 3.63) is 47.4 Å². The average molecular weight is 440 g/mol. The van der Waals surface area contributed by atoms with Gasteiger partial charge in [0.2, 0.25) is 0 Å². The molecule has 1 saturated heterocycles. The van der Waals surface area contributed by atoms with Crippen LogP contribution in [0.1, 0.15) is 31.0 Å². The van der Waals surface area contributed by atoms with Gasteiger partial charge in [-0.15, -0.1) is 11.3 Å². The van der Waals surface area contributed by atoms with E-state index in [1.807, 2.05) is 33.8 Å². The molecule has 2 N–H and O–H groups in total. The molecular weight excluding hydrogens is 414 g/mol. The minimum atomic E-state index is -0.820. The van der Waals surface area contributed by atoms with E-state index < -0.39 is 6.23 Å². The maximum atomic E-state index is 12.5. The topological polar surface area (TPSA) is 100 Å². The summed E-state index contributed by atoms with van der Waals surface area (Å²) in [6.45, 7) is 8.16. The molecule has 31 heavy (non-hydrogen) atoms. The van der Waals surface area contributed by atoms with Gasteiger partial charge in [0.1, 0.15) is 23.5 Å². The molecule has 1 aliphatic heterocycles. The lowest BCUT2D eigenvalue weighted by molar-refractivity contribution is -0.00117. The zero-order valence-electron chi connectivity index (χ0n) is 17.9. The van der Waals surface area contributed by atoms with E-state index in [1.165, 1.54) is 4.90 Å². The Morgan fingerprint density at radius 1 is 1.29 bits per heavy atom. The lowest BCUT2D eigenvalue weighted by atomic mass is 9.91. The predicted octanol–water partition coefficient (Wildman–Crippen LogP) is 4.59. The monoisotopic (exact) mass is 439 g/mol. The van der Waals surface area contributed by atoms with Crippen LogP contribution in [0.5, 0.6) is 11.5 Å². The zero-order chi connectivity index (χ0) is 22.2. The van der Waals surface area contributed by atoms with E-state index in [2.05, 4.69) is 20.3 Å². The van der Waals surface area contributed by atoms with Crippen LogP contribution in [0.15, 0.2) is 36.7 Å². The third-order valence-electron chi connectivity index (χ3n) is 5.36. The molecule has 0 spiro atoms. The highest BCUT2D eigenvalue weighted by molar-refractivity contribution is 7.15. The summed E-state index contributed by atoms with van der Waals surface area (Å²) in [5.74, 6) is 1.63. The first-order chi connectivity index (χ1) is 14.7.